The quantitative estimate of drug-likeness (QED) is 0.245. The van der Waals surface area contributed by atoms with Gasteiger partial charge in [-0.2, -0.15) is 0 Å². The first kappa shape index (κ1) is 25.2. The fourth-order valence-electron chi connectivity index (χ4n) is 4.00. The van der Waals surface area contributed by atoms with Gasteiger partial charge in [0.15, 0.2) is 10.1 Å². The molecule has 0 N–H and O–H groups in total. The fraction of sp³-hybridized carbons (Fsp3) is 0.320. The summed E-state index contributed by atoms with van der Waals surface area (Å²) in [4.78, 5) is 31.1. The monoisotopic (exact) mass is 533 g/mol. The van der Waals surface area contributed by atoms with Crippen molar-refractivity contribution in [3.63, 3.8) is 0 Å². The van der Waals surface area contributed by atoms with E-state index in [0.29, 0.717) is 15.6 Å². The van der Waals surface area contributed by atoms with E-state index in [9.17, 15) is 9.59 Å². The van der Waals surface area contributed by atoms with E-state index in [1.165, 1.54) is 23.3 Å². The second-order valence-corrected chi connectivity index (χ2v) is 11.2. The molecular weight excluding hydrogens is 509 g/mol. The molecule has 3 aromatic rings. The molecule has 0 bridgehead atoms. The lowest BCUT2D eigenvalue weighted by molar-refractivity contribution is -0.125. The number of nitrogens with zero attached hydrogens (tertiary/aromatic N) is 3. The molecule has 0 saturated carbocycles. The first-order valence-electron chi connectivity index (χ1n) is 11.0. The van der Waals surface area contributed by atoms with E-state index in [0.717, 1.165) is 53.6 Å². The van der Waals surface area contributed by atoms with Crippen molar-refractivity contribution in [2.24, 2.45) is 0 Å². The summed E-state index contributed by atoms with van der Waals surface area (Å²) in [5.41, 5.74) is 3.62. The number of carbonyl (C=O) groups excluding carboxylic acids is 2. The number of ketones is 1. The van der Waals surface area contributed by atoms with Crippen LogP contribution in [0.5, 0.6) is 0 Å². The van der Waals surface area contributed by atoms with Crippen molar-refractivity contribution < 1.29 is 9.59 Å². The third-order valence-electron chi connectivity index (χ3n) is 5.84. The molecule has 1 saturated heterocycles. The molecule has 4 rings (SSSR count). The van der Waals surface area contributed by atoms with Crippen LogP contribution in [0.1, 0.15) is 42.6 Å². The number of halogens is 2. The molecule has 5 nitrogen and oxygen atoms in total. The van der Waals surface area contributed by atoms with Crippen molar-refractivity contribution in [1.82, 2.24) is 14.2 Å². The Morgan fingerprint density at radius 2 is 1.79 bits per heavy atom. The number of piperidine rings is 1. The number of rotatable bonds is 7. The molecule has 1 fully saturated rings. The summed E-state index contributed by atoms with van der Waals surface area (Å²) in [5, 5.41) is 3.13. The lowest BCUT2D eigenvalue weighted by Gasteiger charge is -2.37. The second kappa shape index (κ2) is 11.2. The van der Waals surface area contributed by atoms with Gasteiger partial charge in [0.05, 0.1) is 15.7 Å². The first-order valence-corrected chi connectivity index (χ1v) is 13.4. The van der Waals surface area contributed by atoms with Crippen LogP contribution in [0.3, 0.4) is 0 Å². The molecule has 9 heteroatoms. The molecule has 2 heterocycles. The van der Waals surface area contributed by atoms with Gasteiger partial charge < -0.3 is 0 Å². The number of amides is 1. The van der Waals surface area contributed by atoms with Crippen molar-refractivity contribution in [1.29, 1.82) is 0 Å². The molecule has 1 aliphatic heterocycles. The maximum Gasteiger partial charge on any atom is 0.229 e. The first-order chi connectivity index (χ1) is 16.3. The van der Waals surface area contributed by atoms with Crippen LogP contribution < -0.4 is 0 Å². The average molecular weight is 535 g/mol. The minimum Gasteiger partial charge on any atom is -0.299 e. The van der Waals surface area contributed by atoms with Crippen LogP contribution in [0.15, 0.2) is 52.2 Å². The van der Waals surface area contributed by atoms with Crippen molar-refractivity contribution in [3.8, 4) is 11.3 Å². The van der Waals surface area contributed by atoms with Gasteiger partial charge in [0, 0.05) is 61.1 Å². The van der Waals surface area contributed by atoms with Crippen LogP contribution in [0.4, 0.5) is 0 Å². The third kappa shape index (κ3) is 6.20. The standard InChI is InChI=1S/C25H25Cl2N3O2S2/c1-16(31)19-4-6-20(7-5-19)24-15-33-25(28-24)34-30(17(2)32)21-9-11-29(12-10-21)14-18-3-8-22(26)23(27)13-18/h3-8,13,15,21H,9-12,14H2,1-2H3. The summed E-state index contributed by atoms with van der Waals surface area (Å²) >= 11 is 15.1. The Kier molecular flexibility index (Phi) is 8.32. The third-order valence-corrected chi connectivity index (χ3v) is 8.72. The van der Waals surface area contributed by atoms with Crippen molar-refractivity contribution >= 4 is 58.2 Å². The van der Waals surface area contributed by atoms with E-state index in [1.807, 2.05) is 52.1 Å². The Morgan fingerprint density at radius 1 is 1.09 bits per heavy atom. The SMILES string of the molecule is CC(=O)c1ccc(-c2csc(SN(C(C)=O)C3CCN(Cc4ccc(Cl)c(Cl)c4)CC3)n2)cc1. The van der Waals surface area contributed by atoms with Gasteiger partial charge in [-0.15, -0.1) is 11.3 Å². The summed E-state index contributed by atoms with van der Waals surface area (Å²) in [6, 6.07) is 13.4. The lowest BCUT2D eigenvalue weighted by Crippen LogP contribution is -2.43. The highest BCUT2D eigenvalue weighted by Crippen LogP contribution is 2.34. The minimum atomic E-state index is 0.0375. The van der Waals surface area contributed by atoms with Crippen LogP contribution in [0.25, 0.3) is 11.3 Å². The van der Waals surface area contributed by atoms with E-state index >= 15 is 0 Å². The van der Waals surface area contributed by atoms with Gasteiger partial charge in [-0.3, -0.25) is 18.8 Å². The van der Waals surface area contributed by atoms with Gasteiger partial charge >= 0.3 is 0 Å². The molecule has 0 spiro atoms. The number of likely N-dealkylation sites (tertiary alicyclic amines) is 1. The Hall–Kier alpha value is -1.90. The topological polar surface area (TPSA) is 53.5 Å². The molecule has 0 unspecified atom stereocenters. The Bertz CT molecular complexity index is 1180. The van der Waals surface area contributed by atoms with E-state index in [2.05, 4.69) is 4.90 Å². The van der Waals surface area contributed by atoms with Crippen LogP contribution in [0, 0.1) is 0 Å². The summed E-state index contributed by atoms with van der Waals surface area (Å²) in [6.45, 7) is 5.79. The predicted molar refractivity (Wildman–Crippen MR) is 141 cm³/mol. The zero-order valence-corrected chi connectivity index (χ0v) is 22.1. The number of Topliss-reactive ketones (excluding diaryl/α,β-unsaturated/α-hetero) is 1. The fourth-order valence-corrected chi connectivity index (χ4v) is 6.22. The van der Waals surface area contributed by atoms with Crippen LogP contribution in [-0.2, 0) is 11.3 Å². The molecule has 178 valence electrons. The smallest absolute Gasteiger partial charge is 0.229 e. The van der Waals surface area contributed by atoms with Crippen LogP contribution in [-0.4, -0.2) is 45.0 Å². The maximum atomic E-state index is 12.5. The highest BCUT2D eigenvalue weighted by molar-refractivity contribution is 7.99. The van der Waals surface area contributed by atoms with E-state index < -0.39 is 0 Å². The lowest BCUT2D eigenvalue weighted by atomic mass is 10.0. The second-order valence-electron chi connectivity index (χ2n) is 8.32. The van der Waals surface area contributed by atoms with Gasteiger partial charge in [0.2, 0.25) is 5.91 Å². The van der Waals surface area contributed by atoms with Crippen LogP contribution >= 0.6 is 46.5 Å². The van der Waals surface area contributed by atoms with Gasteiger partial charge in [-0.25, -0.2) is 4.98 Å². The van der Waals surface area contributed by atoms with Crippen LogP contribution in [0.2, 0.25) is 10.0 Å². The Balaban J connectivity index is 1.36. The highest BCUT2D eigenvalue weighted by Gasteiger charge is 2.28. The van der Waals surface area contributed by atoms with Crippen molar-refractivity contribution in [2.75, 3.05) is 13.1 Å². The summed E-state index contributed by atoms with van der Waals surface area (Å²) < 4.78 is 2.71. The average Bonchev–Trinajstić information content (AvgIpc) is 3.29. The van der Waals surface area contributed by atoms with Gasteiger partial charge in [0.25, 0.3) is 0 Å². The van der Waals surface area contributed by atoms with Crippen molar-refractivity contribution in [2.45, 2.75) is 43.6 Å². The highest BCUT2D eigenvalue weighted by atomic mass is 35.5. The van der Waals surface area contributed by atoms with E-state index in [1.54, 1.807) is 13.8 Å². The summed E-state index contributed by atoms with van der Waals surface area (Å²) in [7, 11) is 0. The summed E-state index contributed by atoms with van der Waals surface area (Å²) in [5.74, 6) is 0.0803. The maximum absolute atomic E-state index is 12.5. The Morgan fingerprint density at radius 3 is 2.41 bits per heavy atom. The number of benzene rings is 2. The molecule has 1 amide bonds. The normalized spacial score (nSPS) is 14.8. The number of aromatic nitrogens is 1. The van der Waals surface area contributed by atoms with Gasteiger partial charge in [-0.05, 0) is 37.5 Å². The molecule has 0 aliphatic carbocycles. The van der Waals surface area contributed by atoms with Crippen molar-refractivity contribution in [3.05, 3.63) is 69.0 Å². The molecule has 1 aliphatic rings. The van der Waals surface area contributed by atoms with Gasteiger partial charge in [-0.1, -0.05) is 53.5 Å². The number of carbonyl (C=O) groups is 2. The summed E-state index contributed by atoms with van der Waals surface area (Å²) in [6.07, 6.45) is 1.80. The molecule has 2 aromatic carbocycles. The van der Waals surface area contributed by atoms with E-state index in [-0.39, 0.29) is 17.7 Å². The largest absolute Gasteiger partial charge is 0.299 e. The van der Waals surface area contributed by atoms with Gasteiger partial charge in [0.1, 0.15) is 0 Å². The number of hydrogen-bond acceptors (Lipinski definition) is 6. The number of hydrogen-bond donors (Lipinski definition) is 0. The molecular formula is C25H25Cl2N3O2S2. The zero-order valence-electron chi connectivity index (χ0n) is 19.0. The molecule has 0 radical (unpaired) electrons. The molecule has 1 aromatic heterocycles. The molecule has 34 heavy (non-hydrogen) atoms. The number of thiazole rings is 1. The Labute approximate surface area is 218 Å². The molecule has 0 atom stereocenters. The zero-order chi connectivity index (χ0) is 24.2. The predicted octanol–water partition coefficient (Wildman–Crippen LogP) is 6.84. The minimum absolute atomic E-state index is 0.0375. The van der Waals surface area contributed by atoms with E-state index in [4.69, 9.17) is 28.2 Å².